The summed E-state index contributed by atoms with van der Waals surface area (Å²) in [5.41, 5.74) is -0.0111. The van der Waals surface area contributed by atoms with Crippen LogP contribution in [0.3, 0.4) is 0 Å². The molecule has 19 heavy (non-hydrogen) atoms. The van der Waals surface area contributed by atoms with Gasteiger partial charge in [-0.1, -0.05) is 0 Å². The van der Waals surface area contributed by atoms with Crippen LogP contribution in [0, 0.1) is 0 Å². The molecule has 2 rings (SSSR count). The van der Waals surface area contributed by atoms with Gasteiger partial charge in [-0.15, -0.1) is 0 Å². The average molecular weight is 263 g/mol. The molecule has 1 unspecified atom stereocenters. The molecule has 1 fully saturated rings. The molecule has 1 aromatic rings. The molecule has 1 atom stereocenters. The summed E-state index contributed by atoms with van der Waals surface area (Å²) in [5.74, 6) is -0.189. The first-order valence-corrected chi connectivity index (χ1v) is 6.81. The monoisotopic (exact) mass is 263 g/mol. The Labute approximate surface area is 113 Å². The first kappa shape index (κ1) is 13.8. The fourth-order valence-corrected chi connectivity index (χ4v) is 2.42. The average Bonchev–Trinajstić information content (AvgIpc) is 2.88. The molecule has 5 heteroatoms. The van der Waals surface area contributed by atoms with Crippen molar-refractivity contribution < 1.29 is 4.79 Å². The third-order valence-corrected chi connectivity index (χ3v) is 3.52. The van der Waals surface area contributed by atoms with Crippen LogP contribution in [0.5, 0.6) is 0 Å². The number of carbonyl (C=O) groups is 1. The van der Waals surface area contributed by atoms with Crippen molar-refractivity contribution >= 4 is 5.91 Å². The second-order valence-corrected chi connectivity index (χ2v) is 5.27. The van der Waals surface area contributed by atoms with E-state index in [1.54, 1.807) is 4.90 Å². The topological polar surface area (TPSA) is 65.2 Å². The van der Waals surface area contributed by atoms with Gasteiger partial charge < -0.3 is 15.2 Å². The molecule has 0 spiro atoms. The lowest BCUT2D eigenvalue weighted by atomic mass is 10.1. The van der Waals surface area contributed by atoms with Gasteiger partial charge in [0.2, 0.25) is 0 Å². The minimum absolute atomic E-state index is 0.0782. The number of hydrogen-bond acceptors (Lipinski definition) is 3. The molecule has 104 valence electrons. The number of aromatic amines is 1. The fourth-order valence-electron chi connectivity index (χ4n) is 2.42. The first-order valence-electron chi connectivity index (χ1n) is 6.81. The fraction of sp³-hybridized carbons (Fsp3) is 0.571. The van der Waals surface area contributed by atoms with Gasteiger partial charge in [-0.2, -0.15) is 0 Å². The van der Waals surface area contributed by atoms with E-state index in [4.69, 9.17) is 0 Å². The lowest BCUT2D eigenvalue weighted by molar-refractivity contribution is 0.0687. The predicted octanol–water partition coefficient (Wildman–Crippen LogP) is 0.977. The van der Waals surface area contributed by atoms with Crippen molar-refractivity contribution in [1.29, 1.82) is 0 Å². The van der Waals surface area contributed by atoms with Crippen molar-refractivity contribution in [3.05, 3.63) is 34.2 Å². The van der Waals surface area contributed by atoms with Crippen molar-refractivity contribution in [2.75, 3.05) is 13.1 Å². The maximum atomic E-state index is 12.5. The van der Waals surface area contributed by atoms with Gasteiger partial charge in [0.1, 0.15) is 5.56 Å². The number of nitrogens with zero attached hydrogens (tertiary/aromatic N) is 1. The second kappa shape index (κ2) is 6.02. The molecule has 2 heterocycles. The van der Waals surface area contributed by atoms with Crippen molar-refractivity contribution in [3.63, 3.8) is 0 Å². The van der Waals surface area contributed by atoms with E-state index in [2.05, 4.69) is 10.3 Å². The van der Waals surface area contributed by atoms with E-state index in [0.29, 0.717) is 12.6 Å². The highest BCUT2D eigenvalue weighted by atomic mass is 16.2. The van der Waals surface area contributed by atoms with Crippen molar-refractivity contribution in [1.82, 2.24) is 15.2 Å². The molecule has 0 aromatic carbocycles. The quantitative estimate of drug-likeness (QED) is 0.851. The maximum Gasteiger partial charge on any atom is 0.259 e. The van der Waals surface area contributed by atoms with Gasteiger partial charge in [0.25, 0.3) is 5.91 Å². The molecule has 0 radical (unpaired) electrons. The predicted molar refractivity (Wildman–Crippen MR) is 74.3 cm³/mol. The molecule has 2 N–H and O–H groups in total. The van der Waals surface area contributed by atoms with Crippen LogP contribution in [0.4, 0.5) is 0 Å². The summed E-state index contributed by atoms with van der Waals surface area (Å²) in [7, 11) is 0. The van der Waals surface area contributed by atoms with Crippen molar-refractivity contribution in [2.45, 2.75) is 38.8 Å². The number of H-pyrrole nitrogens is 1. The van der Waals surface area contributed by atoms with Gasteiger partial charge in [-0.05, 0) is 33.2 Å². The van der Waals surface area contributed by atoms with Gasteiger partial charge in [0, 0.05) is 37.1 Å². The molecule has 1 aliphatic rings. The standard InChI is InChI=1S/C14H21N3O2/c1-10(2)17(9-11-4-3-6-16-11)14(19)12-8-15-7-5-13(12)18/h5,7-8,10-11,16H,3-4,6,9H2,1-2H3,(H,15,18). The lowest BCUT2D eigenvalue weighted by Gasteiger charge is -2.29. The zero-order chi connectivity index (χ0) is 13.8. The molecular formula is C14H21N3O2. The van der Waals surface area contributed by atoms with E-state index in [-0.39, 0.29) is 22.9 Å². The van der Waals surface area contributed by atoms with Gasteiger partial charge in [0.15, 0.2) is 5.43 Å². The van der Waals surface area contributed by atoms with E-state index in [9.17, 15) is 9.59 Å². The Balaban J connectivity index is 2.16. The van der Waals surface area contributed by atoms with E-state index >= 15 is 0 Å². The molecule has 1 amide bonds. The Morgan fingerprint density at radius 1 is 1.53 bits per heavy atom. The Hall–Kier alpha value is -1.62. The van der Waals surface area contributed by atoms with Crippen LogP contribution in [0.25, 0.3) is 0 Å². The van der Waals surface area contributed by atoms with Crippen LogP contribution in [0.15, 0.2) is 23.3 Å². The maximum absolute atomic E-state index is 12.5. The molecule has 5 nitrogen and oxygen atoms in total. The lowest BCUT2D eigenvalue weighted by Crippen LogP contribution is -2.45. The highest BCUT2D eigenvalue weighted by molar-refractivity contribution is 5.94. The Kier molecular flexibility index (Phi) is 4.37. The summed E-state index contributed by atoms with van der Waals surface area (Å²) in [6, 6.07) is 1.81. The normalized spacial score (nSPS) is 18.8. The largest absolute Gasteiger partial charge is 0.367 e. The van der Waals surface area contributed by atoms with Crippen molar-refractivity contribution in [3.8, 4) is 0 Å². The zero-order valence-corrected chi connectivity index (χ0v) is 11.5. The highest BCUT2D eigenvalue weighted by Crippen LogP contribution is 2.11. The van der Waals surface area contributed by atoms with E-state index in [1.807, 2.05) is 13.8 Å². The van der Waals surface area contributed by atoms with Crippen LogP contribution in [0.2, 0.25) is 0 Å². The number of rotatable bonds is 4. The van der Waals surface area contributed by atoms with E-state index in [1.165, 1.54) is 18.5 Å². The van der Waals surface area contributed by atoms with Gasteiger partial charge in [0.05, 0.1) is 0 Å². The summed E-state index contributed by atoms with van der Waals surface area (Å²) in [4.78, 5) is 28.8. The summed E-state index contributed by atoms with van der Waals surface area (Å²) in [6.07, 6.45) is 5.26. The second-order valence-electron chi connectivity index (χ2n) is 5.27. The van der Waals surface area contributed by atoms with E-state index < -0.39 is 0 Å². The minimum Gasteiger partial charge on any atom is -0.367 e. The number of nitrogens with one attached hydrogen (secondary N) is 2. The first-order chi connectivity index (χ1) is 9.09. The van der Waals surface area contributed by atoms with Gasteiger partial charge >= 0.3 is 0 Å². The van der Waals surface area contributed by atoms with Gasteiger partial charge in [-0.3, -0.25) is 9.59 Å². The van der Waals surface area contributed by atoms with Crippen LogP contribution in [-0.2, 0) is 0 Å². The van der Waals surface area contributed by atoms with Crippen molar-refractivity contribution in [2.24, 2.45) is 0 Å². The SMILES string of the molecule is CC(C)N(CC1CCCN1)C(=O)c1c[nH]ccc1=O. The Morgan fingerprint density at radius 3 is 2.89 bits per heavy atom. The smallest absolute Gasteiger partial charge is 0.259 e. The zero-order valence-electron chi connectivity index (χ0n) is 11.5. The molecule has 1 aliphatic heterocycles. The third-order valence-electron chi connectivity index (χ3n) is 3.52. The van der Waals surface area contributed by atoms with E-state index in [0.717, 1.165) is 19.4 Å². The van der Waals surface area contributed by atoms with Crippen LogP contribution in [-0.4, -0.2) is 41.0 Å². The molecule has 0 bridgehead atoms. The number of carbonyl (C=O) groups excluding carboxylic acids is 1. The minimum atomic E-state index is -0.228. The molecular weight excluding hydrogens is 242 g/mol. The Morgan fingerprint density at radius 2 is 2.32 bits per heavy atom. The summed E-state index contributed by atoms with van der Waals surface area (Å²) in [6.45, 7) is 5.62. The summed E-state index contributed by atoms with van der Waals surface area (Å²) >= 11 is 0. The number of aromatic nitrogens is 1. The number of pyridine rings is 1. The molecule has 1 saturated heterocycles. The Bertz CT molecular complexity index is 489. The number of hydrogen-bond donors (Lipinski definition) is 2. The van der Waals surface area contributed by atoms with Gasteiger partial charge in [-0.25, -0.2) is 0 Å². The third kappa shape index (κ3) is 3.23. The highest BCUT2D eigenvalue weighted by Gasteiger charge is 2.25. The molecule has 0 aliphatic carbocycles. The van der Waals surface area contributed by atoms with Crippen LogP contribution < -0.4 is 10.7 Å². The summed E-state index contributed by atoms with van der Waals surface area (Å²) < 4.78 is 0. The van der Waals surface area contributed by atoms with Crippen LogP contribution >= 0.6 is 0 Å². The summed E-state index contributed by atoms with van der Waals surface area (Å²) in [5, 5.41) is 3.38. The molecule has 0 saturated carbocycles. The van der Waals surface area contributed by atoms with Crippen LogP contribution in [0.1, 0.15) is 37.0 Å². The number of amides is 1. The molecule has 1 aromatic heterocycles.